The van der Waals surface area contributed by atoms with Crippen LogP contribution < -0.4 is 10.6 Å². The molecule has 0 aliphatic carbocycles. The van der Waals surface area contributed by atoms with Gasteiger partial charge in [0.2, 0.25) is 5.91 Å². The first-order chi connectivity index (χ1) is 13.3. The first kappa shape index (κ1) is 22.2. The molecule has 0 fully saturated rings. The Balaban J connectivity index is 1.75. The second-order valence-corrected chi connectivity index (χ2v) is 8.36. The van der Waals surface area contributed by atoms with Crippen LogP contribution in [0, 0.1) is 5.41 Å². The number of nitrogens with zero attached hydrogens (tertiary/aromatic N) is 2. The third-order valence-electron chi connectivity index (χ3n) is 5.06. The smallest absolute Gasteiger partial charge is 0.223 e. The van der Waals surface area contributed by atoms with E-state index in [2.05, 4.69) is 48.5 Å². The summed E-state index contributed by atoms with van der Waals surface area (Å²) >= 11 is 0. The minimum absolute atomic E-state index is 0.0370. The highest BCUT2D eigenvalue weighted by atomic mass is 16.5. The molecule has 1 atom stereocenters. The molecule has 156 valence electrons. The van der Waals surface area contributed by atoms with Gasteiger partial charge in [-0.15, -0.1) is 0 Å². The number of carbonyl (C=O) groups excluding carboxylic acids is 1. The second-order valence-electron chi connectivity index (χ2n) is 8.36. The average Bonchev–Trinajstić information content (AvgIpc) is 3.08. The van der Waals surface area contributed by atoms with Crippen molar-refractivity contribution in [2.75, 3.05) is 26.7 Å². The maximum atomic E-state index is 12.5. The lowest BCUT2D eigenvalue weighted by Gasteiger charge is -2.28. The summed E-state index contributed by atoms with van der Waals surface area (Å²) in [6.45, 7) is 12.1. The van der Waals surface area contributed by atoms with E-state index in [9.17, 15) is 4.79 Å². The van der Waals surface area contributed by atoms with Crippen molar-refractivity contribution in [3.8, 4) is 0 Å². The molecule has 2 rings (SSSR count). The van der Waals surface area contributed by atoms with E-state index in [0.29, 0.717) is 19.5 Å². The molecule has 0 radical (unpaired) electrons. The molecule has 28 heavy (non-hydrogen) atoms. The number of carbonyl (C=O) groups is 1. The van der Waals surface area contributed by atoms with Crippen molar-refractivity contribution in [1.29, 1.82) is 0 Å². The summed E-state index contributed by atoms with van der Waals surface area (Å²) in [5.74, 6) is 0.988. The summed E-state index contributed by atoms with van der Waals surface area (Å²) < 4.78 is 5.57. The van der Waals surface area contributed by atoms with Crippen molar-refractivity contribution in [2.45, 2.75) is 59.7 Å². The molecule has 2 N–H and O–H groups in total. The number of fused-ring (bicyclic) bond motifs is 1. The van der Waals surface area contributed by atoms with Gasteiger partial charge in [0.1, 0.15) is 0 Å². The molecule has 1 aromatic rings. The molecule has 0 saturated carbocycles. The van der Waals surface area contributed by atoms with E-state index in [1.807, 2.05) is 24.0 Å². The van der Waals surface area contributed by atoms with Crippen LogP contribution in [0.5, 0.6) is 0 Å². The van der Waals surface area contributed by atoms with E-state index < -0.39 is 0 Å². The number of hydrogen-bond acceptors (Lipinski definition) is 3. The Hall–Kier alpha value is -2.08. The first-order valence-corrected chi connectivity index (χ1v) is 10.2. The van der Waals surface area contributed by atoms with Crippen LogP contribution >= 0.6 is 0 Å². The van der Waals surface area contributed by atoms with E-state index in [0.717, 1.165) is 32.0 Å². The lowest BCUT2D eigenvalue weighted by atomic mass is 9.89. The number of benzene rings is 1. The topological polar surface area (TPSA) is 66.0 Å². The molecule has 6 heteroatoms. The molecule has 0 spiro atoms. The van der Waals surface area contributed by atoms with Crippen LogP contribution in [0.2, 0.25) is 0 Å². The molecule has 1 aromatic carbocycles. The van der Waals surface area contributed by atoms with Crippen LogP contribution in [-0.2, 0) is 22.6 Å². The molecular formula is C22H36N4O2. The Bertz CT molecular complexity index is 642. The van der Waals surface area contributed by atoms with Crippen molar-refractivity contribution in [1.82, 2.24) is 15.5 Å². The van der Waals surface area contributed by atoms with E-state index >= 15 is 0 Å². The van der Waals surface area contributed by atoms with Gasteiger partial charge in [-0.3, -0.25) is 9.79 Å². The van der Waals surface area contributed by atoms with Crippen LogP contribution in [0.4, 0.5) is 0 Å². The Morgan fingerprint density at radius 1 is 1.21 bits per heavy atom. The minimum atomic E-state index is 0.0370. The summed E-state index contributed by atoms with van der Waals surface area (Å²) in [6, 6.07) is 8.28. The number of amides is 1. The van der Waals surface area contributed by atoms with Gasteiger partial charge < -0.3 is 20.3 Å². The number of aliphatic imine (C=N–C) groups is 1. The predicted octanol–water partition coefficient (Wildman–Crippen LogP) is 2.93. The summed E-state index contributed by atoms with van der Waals surface area (Å²) in [6.07, 6.45) is 1.38. The molecule has 6 nitrogen and oxygen atoms in total. The molecule has 1 unspecified atom stereocenters. The Labute approximate surface area is 169 Å². The monoisotopic (exact) mass is 388 g/mol. The van der Waals surface area contributed by atoms with Crippen LogP contribution in [0.3, 0.4) is 0 Å². The highest BCUT2D eigenvalue weighted by Gasteiger charge is 2.24. The zero-order valence-electron chi connectivity index (χ0n) is 18.0. The molecule has 1 aliphatic rings. The standard InChI is InChI=1S/C22H36N4O2/c1-6-23-21(25-14-19(28-5)22(2,3)4)24-13-9-12-20(27)26-15-17-10-7-8-11-18(17)16-26/h7-8,10-11,19H,6,9,12-16H2,1-5H3,(H2,23,24,25). The first-order valence-electron chi connectivity index (χ1n) is 10.2. The number of hydrogen-bond donors (Lipinski definition) is 2. The predicted molar refractivity (Wildman–Crippen MR) is 114 cm³/mol. The number of methoxy groups -OCH3 is 1. The fourth-order valence-electron chi connectivity index (χ4n) is 3.33. The van der Waals surface area contributed by atoms with Crippen LogP contribution in [0.25, 0.3) is 0 Å². The quantitative estimate of drug-likeness (QED) is 0.408. The molecule has 1 amide bonds. The van der Waals surface area contributed by atoms with Crippen LogP contribution in [0.15, 0.2) is 29.3 Å². The maximum Gasteiger partial charge on any atom is 0.223 e. The lowest BCUT2D eigenvalue weighted by Crippen LogP contribution is -2.40. The molecule has 0 bridgehead atoms. The third-order valence-corrected chi connectivity index (χ3v) is 5.06. The molecule has 0 aromatic heterocycles. The van der Waals surface area contributed by atoms with E-state index in [1.165, 1.54) is 11.1 Å². The molecule has 0 saturated heterocycles. The van der Waals surface area contributed by atoms with Gasteiger partial charge in [-0.25, -0.2) is 0 Å². The van der Waals surface area contributed by atoms with Gasteiger partial charge in [-0.2, -0.15) is 0 Å². The normalized spacial score (nSPS) is 15.3. The lowest BCUT2D eigenvalue weighted by molar-refractivity contribution is -0.131. The SMILES string of the molecule is CCNC(=NCC(OC)C(C)(C)C)NCCCC(=O)N1Cc2ccccc2C1. The molecule has 1 aliphatic heterocycles. The Morgan fingerprint density at radius 3 is 2.39 bits per heavy atom. The van der Waals surface area contributed by atoms with Gasteiger partial charge in [-0.05, 0) is 29.9 Å². The fourth-order valence-corrected chi connectivity index (χ4v) is 3.33. The summed E-state index contributed by atoms with van der Waals surface area (Å²) in [5.41, 5.74) is 2.57. The van der Waals surface area contributed by atoms with E-state index in [-0.39, 0.29) is 17.4 Å². The minimum Gasteiger partial charge on any atom is -0.379 e. The van der Waals surface area contributed by atoms with Crippen LogP contribution in [-0.4, -0.2) is 49.6 Å². The van der Waals surface area contributed by atoms with Crippen molar-refractivity contribution < 1.29 is 9.53 Å². The van der Waals surface area contributed by atoms with Crippen molar-refractivity contribution in [3.63, 3.8) is 0 Å². The molecular weight excluding hydrogens is 352 g/mol. The van der Waals surface area contributed by atoms with Gasteiger partial charge in [0.15, 0.2) is 5.96 Å². The largest absolute Gasteiger partial charge is 0.379 e. The number of nitrogens with one attached hydrogen (secondary N) is 2. The van der Waals surface area contributed by atoms with Gasteiger partial charge in [0.05, 0.1) is 12.6 Å². The summed E-state index contributed by atoms with van der Waals surface area (Å²) in [5, 5.41) is 6.58. The summed E-state index contributed by atoms with van der Waals surface area (Å²) in [4.78, 5) is 19.1. The zero-order valence-corrected chi connectivity index (χ0v) is 18.0. The van der Waals surface area contributed by atoms with E-state index in [1.54, 1.807) is 7.11 Å². The number of guanidine groups is 1. The fraction of sp³-hybridized carbons (Fsp3) is 0.636. The third kappa shape index (κ3) is 6.51. The van der Waals surface area contributed by atoms with Crippen molar-refractivity contribution in [3.05, 3.63) is 35.4 Å². The van der Waals surface area contributed by atoms with Gasteiger partial charge >= 0.3 is 0 Å². The Kier molecular flexibility index (Phi) is 8.30. The maximum absolute atomic E-state index is 12.5. The number of rotatable bonds is 8. The van der Waals surface area contributed by atoms with Gasteiger partial charge in [-0.1, -0.05) is 45.0 Å². The Morgan fingerprint density at radius 2 is 1.86 bits per heavy atom. The highest BCUT2D eigenvalue weighted by Crippen LogP contribution is 2.23. The average molecular weight is 389 g/mol. The molecule has 1 heterocycles. The zero-order chi connectivity index (χ0) is 20.6. The number of ether oxygens (including phenoxy) is 1. The van der Waals surface area contributed by atoms with Crippen molar-refractivity contribution in [2.24, 2.45) is 10.4 Å². The summed E-state index contributed by atoms with van der Waals surface area (Å²) in [7, 11) is 1.73. The van der Waals surface area contributed by atoms with E-state index in [4.69, 9.17) is 4.74 Å². The van der Waals surface area contributed by atoms with Crippen LogP contribution in [0.1, 0.15) is 51.7 Å². The van der Waals surface area contributed by atoms with Gasteiger partial charge in [0, 0.05) is 39.7 Å². The van der Waals surface area contributed by atoms with Gasteiger partial charge in [0.25, 0.3) is 0 Å². The highest BCUT2D eigenvalue weighted by molar-refractivity contribution is 5.80. The second kappa shape index (κ2) is 10.5. The van der Waals surface area contributed by atoms with Crippen molar-refractivity contribution >= 4 is 11.9 Å².